The van der Waals surface area contributed by atoms with Crippen LogP contribution >= 0.6 is 0 Å². The highest BCUT2D eigenvalue weighted by Crippen LogP contribution is 2.07. The van der Waals surface area contributed by atoms with Gasteiger partial charge < -0.3 is 20.1 Å². The zero-order valence-corrected chi connectivity index (χ0v) is 12.2. The Morgan fingerprint density at radius 2 is 1.85 bits per heavy atom. The van der Waals surface area contributed by atoms with Crippen LogP contribution in [0, 0.1) is 0 Å². The predicted molar refractivity (Wildman–Crippen MR) is 68.7 cm³/mol. The van der Waals surface area contributed by atoms with Gasteiger partial charge in [-0.05, 0) is 27.2 Å². The highest BCUT2D eigenvalue weighted by molar-refractivity contribution is 5.77. The summed E-state index contributed by atoms with van der Waals surface area (Å²) in [6.45, 7) is 4.76. The van der Waals surface area contributed by atoms with E-state index in [-0.39, 0.29) is 19.6 Å². The second-order valence-corrected chi connectivity index (χ2v) is 5.16. The number of hydrogen-bond acceptors (Lipinski definition) is 4. The van der Waals surface area contributed by atoms with Crippen molar-refractivity contribution in [3.05, 3.63) is 0 Å². The predicted octanol–water partition coefficient (Wildman–Crippen LogP) is 1.30. The van der Waals surface area contributed by atoms with E-state index in [1.807, 2.05) is 0 Å². The largest absolute Gasteiger partial charge is 0.444 e. The Morgan fingerprint density at radius 1 is 1.25 bits per heavy atom. The van der Waals surface area contributed by atoms with Crippen molar-refractivity contribution in [2.24, 2.45) is 0 Å². The van der Waals surface area contributed by atoms with Gasteiger partial charge in [-0.25, -0.2) is 13.6 Å². The first-order valence-electron chi connectivity index (χ1n) is 6.19. The number of carbonyl (C=O) groups is 2. The van der Waals surface area contributed by atoms with Crippen molar-refractivity contribution in [1.82, 2.24) is 10.6 Å². The van der Waals surface area contributed by atoms with Gasteiger partial charge in [0.15, 0.2) is 0 Å². The molecule has 0 saturated carbocycles. The monoisotopic (exact) mass is 296 g/mol. The first-order chi connectivity index (χ1) is 9.15. The summed E-state index contributed by atoms with van der Waals surface area (Å²) >= 11 is 0. The van der Waals surface area contributed by atoms with E-state index < -0.39 is 30.1 Å². The summed E-state index contributed by atoms with van der Waals surface area (Å²) in [5.74, 6) is -0.630. The van der Waals surface area contributed by atoms with Crippen LogP contribution in [0.25, 0.3) is 0 Å². The van der Waals surface area contributed by atoms with Crippen molar-refractivity contribution in [2.45, 2.75) is 45.3 Å². The molecular formula is C12H22F2N2O4. The van der Waals surface area contributed by atoms with Crippen molar-refractivity contribution in [1.29, 1.82) is 0 Å². The highest BCUT2D eigenvalue weighted by atomic mass is 19.3. The van der Waals surface area contributed by atoms with Crippen LogP contribution in [0.1, 0.15) is 27.2 Å². The van der Waals surface area contributed by atoms with Gasteiger partial charge in [-0.15, -0.1) is 0 Å². The van der Waals surface area contributed by atoms with Crippen LogP contribution in [0.15, 0.2) is 0 Å². The molecule has 0 rings (SSSR count). The van der Waals surface area contributed by atoms with Crippen LogP contribution in [0.5, 0.6) is 0 Å². The number of hydrogen-bond donors (Lipinski definition) is 2. The SMILES string of the molecule is COCC(=O)N[C@@H](CCNC(=O)OC(C)(C)C)C(F)F. The molecule has 0 aliphatic rings. The van der Waals surface area contributed by atoms with Gasteiger partial charge in [-0.1, -0.05) is 0 Å². The Bertz CT molecular complexity index is 319. The molecule has 0 aromatic carbocycles. The Morgan fingerprint density at radius 3 is 2.30 bits per heavy atom. The van der Waals surface area contributed by atoms with E-state index in [0.29, 0.717) is 0 Å². The number of ether oxygens (including phenoxy) is 2. The number of nitrogens with one attached hydrogen (secondary N) is 2. The lowest BCUT2D eigenvalue weighted by Gasteiger charge is -2.21. The zero-order valence-electron chi connectivity index (χ0n) is 12.2. The van der Waals surface area contributed by atoms with Crippen molar-refractivity contribution < 1.29 is 27.8 Å². The first kappa shape index (κ1) is 18.6. The minimum absolute atomic E-state index is 0.0306. The van der Waals surface area contributed by atoms with Crippen molar-refractivity contribution in [3.8, 4) is 0 Å². The van der Waals surface area contributed by atoms with E-state index in [1.54, 1.807) is 20.8 Å². The van der Waals surface area contributed by atoms with Gasteiger partial charge in [-0.3, -0.25) is 4.79 Å². The Hall–Kier alpha value is -1.44. The molecule has 6 nitrogen and oxygen atoms in total. The molecule has 0 saturated heterocycles. The molecule has 0 aliphatic heterocycles. The van der Waals surface area contributed by atoms with E-state index >= 15 is 0 Å². The van der Waals surface area contributed by atoms with Crippen LogP contribution in [0.2, 0.25) is 0 Å². The number of methoxy groups -OCH3 is 1. The summed E-state index contributed by atoms with van der Waals surface area (Å²) < 4.78 is 34.9. The smallest absolute Gasteiger partial charge is 0.407 e. The Kier molecular flexibility index (Phi) is 8.05. The maximum atomic E-state index is 12.7. The molecule has 20 heavy (non-hydrogen) atoms. The molecule has 0 fully saturated rings. The van der Waals surface area contributed by atoms with Gasteiger partial charge >= 0.3 is 6.09 Å². The molecule has 2 N–H and O–H groups in total. The fraction of sp³-hybridized carbons (Fsp3) is 0.833. The van der Waals surface area contributed by atoms with Gasteiger partial charge in [0.25, 0.3) is 6.43 Å². The van der Waals surface area contributed by atoms with Crippen LogP contribution in [-0.2, 0) is 14.3 Å². The number of amides is 2. The molecule has 0 unspecified atom stereocenters. The summed E-state index contributed by atoms with van der Waals surface area (Å²) in [5, 5.41) is 4.49. The van der Waals surface area contributed by atoms with E-state index in [9.17, 15) is 18.4 Å². The molecule has 1 atom stereocenters. The van der Waals surface area contributed by atoms with Gasteiger partial charge in [-0.2, -0.15) is 0 Å². The molecule has 0 aromatic heterocycles. The molecule has 0 heterocycles. The lowest BCUT2D eigenvalue weighted by Crippen LogP contribution is -2.44. The number of alkyl carbamates (subject to hydrolysis) is 1. The summed E-state index contributed by atoms with van der Waals surface area (Å²) in [6, 6.07) is -1.34. The summed E-state index contributed by atoms with van der Waals surface area (Å²) in [4.78, 5) is 22.5. The van der Waals surface area contributed by atoms with Crippen molar-refractivity contribution in [2.75, 3.05) is 20.3 Å². The molecule has 0 bridgehead atoms. The maximum Gasteiger partial charge on any atom is 0.407 e. The van der Waals surface area contributed by atoms with E-state index in [4.69, 9.17) is 4.74 Å². The molecule has 0 aromatic rings. The van der Waals surface area contributed by atoms with E-state index in [1.165, 1.54) is 7.11 Å². The van der Waals surface area contributed by atoms with E-state index in [2.05, 4.69) is 15.4 Å². The summed E-state index contributed by atoms with van der Waals surface area (Å²) in [5.41, 5.74) is -0.654. The second-order valence-electron chi connectivity index (χ2n) is 5.16. The molecular weight excluding hydrogens is 274 g/mol. The Labute approximate surface area is 117 Å². The fourth-order valence-corrected chi connectivity index (χ4v) is 1.28. The molecule has 2 amide bonds. The maximum absolute atomic E-state index is 12.7. The zero-order chi connectivity index (χ0) is 15.8. The minimum atomic E-state index is -2.73. The normalized spacial score (nSPS) is 12.9. The molecule has 0 aliphatic carbocycles. The van der Waals surface area contributed by atoms with Gasteiger partial charge in [0.2, 0.25) is 5.91 Å². The number of halogens is 2. The minimum Gasteiger partial charge on any atom is -0.444 e. The van der Waals surface area contributed by atoms with Crippen LogP contribution in [-0.4, -0.2) is 50.3 Å². The van der Waals surface area contributed by atoms with Gasteiger partial charge in [0.1, 0.15) is 12.2 Å². The summed E-state index contributed by atoms with van der Waals surface area (Å²) in [6.07, 6.45) is -3.52. The number of rotatable bonds is 7. The van der Waals surface area contributed by atoms with Gasteiger partial charge in [0, 0.05) is 13.7 Å². The standard InChI is InChI=1S/C12H22F2N2O4/c1-12(2,3)20-11(18)15-6-5-8(10(13)14)16-9(17)7-19-4/h8,10H,5-7H2,1-4H3,(H,15,18)(H,16,17)/t8-/m0/s1. The topological polar surface area (TPSA) is 76.7 Å². The highest BCUT2D eigenvalue weighted by Gasteiger charge is 2.23. The third-order valence-corrected chi connectivity index (χ3v) is 2.05. The van der Waals surface area contributed by atoms with Crippen LogP contribution in [0.4, 0.5) is 13.6 Å². The fourth-order valence-electron chi connectivity index (χ4n) is 1.28. The average Bonchev–Trinajstić information content (AvgIpc) is 2.25. The molecule has 0 radical (unpaired) electrons. The third-order valence-electron chi connectivity index (χ3n) is 2.05. The molecule has 8 heteroatoms. The summed E-state index contributed by atoms with van der Waals surface area (Å²) in [7, 11) is 1.29. The lowest BCUT2D eigenvalue weighted by molar-refractivity contribution is -0.126. The molecule has 118 valence electrons. The van der Waals surface area contributed by atoms with Crippen molar-refractivity contribution >= 4 is 12.0 Å². The second kappa shape index (κ2) is 8.68. The third kappa shape index (κ3) is 9.48. The molecule has 0 spiro atoms. The number of alkyl halides is 2. The lowest BCUT2D eigenvalue weighted by atomic mass is 10.2. The quantitative estimate of drug-likeness (QED) is 0.742. The van der Waals surface area contributed by atoms with Gasteiger partial charge in [0.05, 0.1) is 6.04 Å². The van der Waals surface area contributed by atoms with Crippen LogP contribution in [0.3, 0.4) is 0 Å². The average molecular weight is 296 g/mol. The Balaban J connectivity index is 4.10. The number of carbonyl (C=O) groups excluding carboxylic acids is 2. The first-order valence-corrected chi connectivity index (χ1v) is 6.19. The van der Waals surface area contributed by atoms with Crippen LogP contribution < -0.4 is 10.6 Å². The van der Waals surface area contributed by atoms with Crippen molar-refractivity contribution in [3.63, 3.8) is 0 Å². The van der Waals surface area contributed by atoms with E-state index in [0.717, 1.165) is 0 Å².